The van der Waals surface area contributed by atoms with E-state index in [4.69, 9.17) is 25.5 Å². The van der Waals surface area contributed by atoms with E-state index in [-0.39, 0.29) is 38.3 Å². The van der Waals surface area contributed by atoms with Gasteiger partial charge in [0, 0.05) is 6.07 Å². The Balaban J connectivity index is 1.97. The van der Waals surface area contributed by atoms with E-state index >= 15 is 0 Å². The van der Waals surface area contributed by atoms with Crippen molar-refractivity contribution in [2.45, 2.75) is 11.9 Å². The molecule has 0 aliphatic carbocycles. The van der Waals surface area contributed by atoms with Gasteiger partial charge in [-0.1, -0.05) is 11.6 Å². The van der Waals surface area contributed by atoms with Gasteiger partial charge in [-0.3, -0.25) is 4.79 Å². The number of hydrogen-bond donors (Lipinski definition) is 3. The van der Waals surface area contributed by atoms with Crippen molar-refractivity contribution in [1.82, 2.24) is 0 Å². The van der Waals surface area contributed by atoms with Crippen LogP contribution in [0, 0.1) is 0 Å². The Bertz CT molecular complexity index is 1180. The van der Waals surface area contributed by atoms with Crippen LogP contribution in [0.3, 0.4) is 0 Å². The molecule has 1 unspecified atom stereocenters. The number of phenols is 2. The molecule has 0 fully saturated rings. The molecule has 7 nitrogen and oxygen atoms in total. The van der Waals surface area contributed by atoms with Crippen LogP contribution in [0.4, 0.5) is 0 Å². The second-order valence-electron chi connectivity index (χ2n) is 5.89. The minimum absolute atomic E-state index is 0.00641. The quantitative estimate of drug-likeness (QED) is 0.528. The van der Waals surface area contributed by atoms with Gasteiger partial charge in [-0.05, 0) is 18.2 Å². The lowest BCUT2D eigenvalue weighted by Crippen LogP contribution is -2.33. The van der Waals surface area contributed by atoms with Crippen LogP contribution in [0.5, 0.6) is 17.2 Å². The first-order valence-electron chi connectivity index (χ1n) is 7.28. The molecule has 3 N–H and O–H groups in total. The molecule has 0 amide bonds. The van der Waals surface area contributed by atoms with Crippen LogP contribution < -0.4 is 10.2 Å². The fourth-order valence-electron chi connectivity index (χ4n) is 3.33. The van der Waals surface area contributed by atoms with Crippen LogP contribution >= 0.6 is 11.6 Å². The molecular weight excluding hydrogens is 352 g/mol. The predicted octanol–water partition coefficient (Wildman–Crippen LogP) is 2.46. The average Bonchev–Trinajstić information content (AvgIpc) is 3.04. The van der Waals surface area contributed by atoms with E-state index in [1.165, 1.54) is 30.5 Å². The summed E-state index contributed by atoms with van der Waals surface area (Å²) in [5.41, 5.74) is -2.24. The van der Waals surface area contributed by atoms with E-state index in [9.17, 15) is 20.1 Å². The largest absolute Gasteiger partial charge is 0.506 e. The number of benzene rings is 2. The molecule has 0 bridgehead atoms. The van der Waals surface area contributed by atoms with Gasteiger partial charge in [0.15, 0.2) is 5.60 Å². The van der Waals surface area contributed by atoms with Crippen molar-refractivity contribution in [3.63, 3.8) is 0 Å². The summed E-state index contributed by atoms with van der Waals surface area (Å²) < 4.78 is 16.3. The Kier molecular flexibility index (Phi) is 2.53. The molecule has 3 heterocycles. The maximum atomic E-state index is 12.9. The Morgan fingerprint density at radius 2 is 1.88 bits per heavy atom. The lowest BCUT2D eigenvalue weighted by Gasteiger charge is -2.18. The summed E-state index contributed by atoms with van der Waals surface area (Å²) in [6.07, 6.45) is 1.52. The van der Waals surface area contributed by atoms with Crippen LogP contribution in [-0.4, -0.2) is 21.6 Å². The number of hydrogen-bond acceptors (Lipinski definition) is 7. The van der Waals surface area contributed by atoms with Crippen molar-refractivity contribution in [3.05, 3.63) is 51.3 Å². The molecule has 0 saturated carbocycles. The van der Waals surface area contributed by atoms with E-state index in [0.29, 0.717) is 0 Å². The highest BCUT2D eigenvalue weighted by molar-refractivity contribution is 6.33. The summed E-state index contributed by atoms with van der Waals surface area (Å²) in [5, 5.41) is 31.1. The summed E-state index contributed by atoms with van der Waals surface area (Å²) in [5.74, 6) is -0.795. The number of fused-ring (bicyclic) bond motifs is 5. The van der Waals surface area contributed by atoms with Gasteiger partial charge >= 0.3 is 0 Å². The zero-order chi connectivity index (χ0) is 17.5. The second kappa shape index (κ2) is 4.38. The van der Waals surface area contributed by atoms with Crippen molar-refractivity contribution >= 4 is 33.5 Å². The van der Waals surface area contributed by atoms with Gasteiger partial charge in [0.2, 0.25) is 5.43 Å². The first-order chi connectivity index (χ1) is 11.9. The first kappa shape index (κ1) is 14.4. The number of phenolic OH excluding ortho intramolecular Hbond substituents is 2. The molecule has 8 heteroatoms. The third kappa shape index (κ3) is 1.61. The highest BCUT2D eigenvalue weighted by Gasteiger charge is 2.53. The van der Waals surface area contributed by atoms with Crippen molar-refractivity contribution in [2.24, 2.45) is 0 Å². The van der Waals surface area contributed by atoms with Crippen LogP contribution in [0.25, 0.3) is 21.9 Å². The molecule has 3 aromatic rings. The van der Waals surface area contributed by atoms with Crippen molar-refractivity contribution in [3.8, 4) is 17.2 Å². The van der Waals surface area contributed by atoms with Crippen LogP contribution in [0.15, 0.2) is 39.7 Å². The monoisotopic (exact) mass is 360 g/mol. The van der Waals surface area contributed by atoms with Crippen molar-refractivity contribution in [1.29, 1.82) is 0 Å². The van der Waals surface area contributed by atoms with Crippen molar-refractivity contribution in [2.75, 3.05) is 0 Å². The zero-order valence-corrected chi connectivity index (χ0v) is 13.1. The topological polar surface area (TPSA) is 109 Å². The number of halogens is 1. The minimum atomic E-state index is -1.72. The van der Waals surface area contributed by atoms with Gasteiger partial charge in [0.25, 0.3) is 6.29 Å². The van der Waals surface area contributed by atoms with E-state index in [1.54, 1.807) is 0 Å². The molecule has 25 heavy (non-hydrogen) atoms. The maximum absolute atomic E-state index is 12.9. The molecular formula is C17H9ClO7. The highest BCUT2D eigenvalue weighted by atomic mass is 35.5. The molecule has 2 aliphatic rings. The lowest BCUT2D eigenvalue weighted by atomic mass is 9.93. The van der Waals surface area contributed by atoms with Gasteiger partial charge in [0.05, 0.1) is 16.8 Å². The molecule has 2 aliphatic heterocycles. The summed E-state index contributed by atoms with van der Waals surface area (Å²) >= 11 is 5.86. The fraction of sp³-hybridized carbons (Fsp3) is 0.118. The smallest absolute Gasteiger partial charge is 0.277 e. The first-order valence-corrected chi connectivity index (χ1v) is 7.66. The molecule has 0 radical (unpaired) electrons. The third-order valence-corrected chi connectivity index (χ3v) is 4.82. The van der Waals surface area contributed by atoms with Crippen molar-refractivity contribution < 1.29 is 29.2 Å². The van der Waals surface area contributed by atoms with Crippen LogP contribution in [0.2, 0.25) is 5.02 Å². The predicted molar refractivity (Wildman–Crippen MR) is 86.9 cm³/mol. The molecule has 1 aromatic heterocycles. The SMILES string of the molecule is O=c1c2c(O)c(Cl)ccc2oc2cc3c(c(O)c12)[C@@]1(O)C=COC1O3. The van der Waals surface area contributed by atoms with E-state index in [0.717, 1.165) is 0 Å². The molecule has 2 aromatic carbocycles. The summed E-state index contributed by atoms with van der Waals surface area (Å²) in [7, 11) is 0. The van der Waals surface area contributed by atoms with E-state index in [2.05, 4.69) is 0 Å². The summed E-state index contributed by atoms with van der Waals surface area (Å²) in [4.78, 5) is 12.9. The van der Waals surface area contributed by atoms with Gasteiger partial charge < -0.3 is 29.2 Å². The Morgan fingerprint density at radius 3 is 2.68 bits per heavy atom. The molecule has 2 atom stereocenters. The highest BCUT2D eigenvalue weighted by Crippen LogP contribution is 2.52. The molecule has 0 saturated heterocycles. The summed E-state index contributed by atoms with van der Waals surface area (Å²) in [6, 6.07) is 4.23. The Morgan fingerprint density at radius 1 is 1.12 bits per heavy atom. The number of aliphatic hydroxyl groups is 1. The molecule has 126 valence electrons. The second-order valence-corrected chi connectivity index (χ2v) is 6.29. The Hall–Kier alpha value is -2.90. The third-order valence-electron chi connectivity index (χ3n) is 4.51. The average molecular weight is 361 g/mol. The fourth-order valence-corrected chi connectivity index (χ4v) is 3.49. The standard InChI is InChI=1S/C17H9ClO7/c18-6-1-2-7-10(13(6)19)14(20)11-8(24-7)5-9-12(15(11)21)17(22)3-4-23-16(17)25-9/h1-5,16,19,21-22H/t16?,17-/m0/s1. The minimum Gasteiger partial charge on any atom is -0.506 e. The number of aromatic hydroxyl groups is 2. The van der Waals surface area contributed by atoms with Gasteiger partial charge in [0.1, 0.15) is 39.2 Å². The Labute approximate surface area is 143 Å². The van der Waals surface area contributed by atoms with Gasteiger partial charge in [-0.15, -0.1) is 0 Å². The number of ether oxygens (including phenoxy) is 2. The van der Waals surface area contributed by atoms with E-state index in [1.807, 2.05) is 0 Å². The maximum Gasteiger partial charge on any atom is 0.277 e. The lowest BCUT2D eigenvalue weighted by molar-refractivity contribution is -0.110. The van der Waals surface area contributed by atoms with Gasteiger partial charge in [-0.25, -0.2) is 0 Å². The zero-order valence-electron chi connectivity index (χ0n) is 12.3. The van der Waals surface area contributed by atoms with Gasteiger partial charge in [-0.2, -0.15) is 0 Å². The number of rotatable bonds is 0. The van der Waals surface area contributed by atoms with E-state index < -0.39 is 28.8 Å². The normalized spacial score (nSPS) is 23.5. The van der Waals surface area contributed by atoms with Crippen LogP contribution in [-0.2, 0) is 10.3 Å². The van der Waals surface area contributed by atoms with Crippen LogP contribution in [0.1, 0.15) is 5.56 Å². The molecule has 0 spiro atoms. The molecule has 5 rings (SSSR count). The summed E-state index contributed by atoms with van der Waals surface area (Å²) in [6.45, 7) is 0.